The second-order valence-corrected chi connectivity index (χ2v) is 5.47. The summed E-state index contributed by atoms with van der Waals surface area (Å²) in [6, 6.07) is 20.2. The van der Waals surface area contributed by atoms with Gasteiger partial charge in [-0.15, -0.1) is 11.8 Å². The molecule has 0 amide bonds. The van der Waals surface area contributed by atoms with E-state index in [1.807, 2.05) is 48.7 Å². The number of para-hydroxylation sites is 2. The molecule has 0 radical (unpaired) electrons. The maximum absolute atomic E-state index is 5.70. The lowest BCUT2D eigenvalue weighted by molar-refractivity contribution is 0.344. The highest BCUT2D eigenvalue weighted by Crippen LogP contribution is 2.26. The van der Waals surface area contributed by atoms with E-state index in [4.69, 9.17) is 4.74 Å². The van der Waals surface area contributed by atoms with Crippen LogP contribution < -0.4 is 4.74 Å². The molecule has 0 saturated carbocycles. The van der Waals surface area contributed by atoms with E-state index in [1.54, 1.807) is 11.8 Å². The highest BCUT2D eigenvalue weighted by atomic mass is 32.2. The lowest BCUT2D eigenvalue weighted by Crippen LogP contribution is -1.99. The summed E-state index contributed by atoms with van der Waals surface area (Å²) in [5.74, 6) is 1.84. The maximum atomic E-state index is 5.70. The number of fused-ring (bicyclic) bond motifs is 1. The molecule has 100 valence electrons. The molecule has 3 rings (SSSR count). The standard InChI is InChI=1S/C17H15NOS/c1-2-6-14(7-3-1)19-12-13-20-17-10-11-18-16-9-5-4-8-15(16)17/h1-11H,12-13H2. The van der Waals surface area contributed by atoms with Crippen LogP contribution in [-0.4, -0.2) is 17.3 Å². The van der Waals surface area contributed by atoms with Gasteiger partial charge in [-0.3, -0.25) is 4.98 Å². The molecule has 0 aliphatic rings. The van der Waals surface area contributed by atoms with Gasteiger partial charge in [-0.05, 0) is 24.3 Å². The van der Waals surface area contributed by atoms with Crippen LogP contribution in [0.25, 0.3) is 10.9 Å². The summed E-state index contributed by atoms with van der Waals surface area (Å²) in [6.07, 6.45) is 1.86. The van der Waals surface area contributed by atoms with Crippen LogP contribution in [0.5, 0.6) is 5.75 Å². The first-order valence-electron chi connectivity index (χ1n) is 6.58. The van der Waals surface area contributed by atoms with Gasteiger partial charge in [0.25, 0.3) is 0 Å². The summed E-state index contributed by atoms with van der Waals surface area (Å²) in [6.45, 7) is 0.700. The number of rotatable bonds is 5. The Morgan fingerprint density at radius 2 is 1.70 bits per heavy atom. The highest BCUT2D eigenvalue weighted by molar-refractivity contribution is 7.99. The average molecular weight is 281 g/mol. The van der Waals surface area contributed by atoms with Crippen LogP contribution in [-0.2, 0) is 0 Å². The van der Waals surface area contributed by atoms with Crippen molar-refractivity contribution in [2.75, 3.05) is 12.4 Å². The van der Waals surface area contributed by atoms with Crippen molar-refractivity contribution >= 4 is 22.7 Å². The fraction of sp³-hybridized carbons (Fsp3) is 0.118. The molecule has 1 aromatic heterocycles. The molecule has 1 heterocycles. The first kappa shape index (κ1) is 13.0. The predicted molar refractivity (Wildman–Crippen MR) is 84.4 cm³/mol. The van der Waals surface area contributed by atoms with Gasteiger partial charge in [-0.25, -0.2) is 0 Å². The van der Waals surface area contributed by atoms with E-state index in [-0.39, 0.29) is 0 Å². The molecule has 2 nitrogen and oxygen atoms in total. The monoisotopic (exact) mass is 281 g/mol. The molecule has 0 bridgehead atoms. The van der Waals surface area contributed by atoms with Crippen molar-refractivity contribution < 1.29 is 4.74 Å². The van der Waals surface area contributed by atoms with Crippen LogP contribution in [0.15, 0.2) is 71.8 Å². The molecular weight excluding hydrogens is 266 g/mol. The maximum Gasteiger partial charge on any atom is 0.119 e. The molecule has 3 heteroatoms. The van der Waals surface area contributed by atoms with E-state index >= 15 is 0 Å². The van der Waals surface area contributed by atoms with Crippen LogP contribution in [0.1, 0.15) is 0 Å². The minimum absolute atomic E-state index is 0.700. The second kappa shape index (κ2) is 6.44. The molecule has 20 heavy (non-hydrogen) atoms. The Morgan fingerprint density at radius 3 is 2.60 bits per heavy atom. The lowest BCUT2D eigenvalue weighted by Gasteiger charge is -2.07. The van der Waals surface area contributed by atoms with Crippen molar-refractivity contribution in [3.05, 3.63) is 66.9 Å². The third-order valence-corrected chi connectivity index (χ3v) is 4.00. The van der Waals surface area contributed by atoms with Crippen molar-refractivity contribution in [3.8, 4) is 5.75 Å². The predicted octanol–water partition coefficient (Wildman–Crippen LogP) is 4.41. The summed E-state index contributed by atoms with van der Waals surface area (Å²) >= 11 is 1.80. The van der Waals surface area contributed by atoms with Gasteiger partial charge in [0.05, 0.1) is 12.1 Å². The summed E-state index contributed by atoms with van der Waals surface area (Å²) in [7, 11) is 0. The molecule has 0 atom stereocenters. The van der Waals surface area contributed by atoms with Crippen LogP contribution in [0, 0.1) is 0 Å². The molecule has 0 fully saturated rings. The molecule has 0 unspecified atom stereocenters. The molecule has 0 saturated heterocycles. The molecule has 0 spiro atoms. The zero-order valence-electron chi connectivity index (χ0n) is 11.0. The average Bonchev–Trinajstić information content (AvgIpc) is 2.53. The van der Waals surface area contributed by atoms with E-state index in [0.717, 1.165) is 17.0 Å². The van der Waals surface area contributed by atoms with E-state index in [2.05, 4.69) is 23.2 Å². The highest BCUT2D eigenvalue weighted by Gasteiger charge is 2.01. The number of aromatic nitrogens is 1. The van der Waals surface area contributed by atoms with Gasteiger partial charge in [0.1, 0.15) is 5.75 Å². The number of benzene rings is 2. The Balaban J connectivity index is 1.60. The van der Waals surface area contributed by atoms with Crippen LogP contribution in [0.3, 0.4) is 0 Å². The molecule has 0 aliphatic carbocycles. The van der Waals surface area contributed by atoms with E-state index in [0.29, 0.717) is 6.61 Å². The fourth-order valence-corrected chi connectivity index (χ4v) is 2.90. The smallest absolute Gasteiger partial charge is 0.119 e. The molecule has 3 aromatic rings. The number of hydrogen-bond acceptors (Lipinski definition) is 3. The number of nitrogens with zero attached hydrogens (tertiary/aromatic N) is 1. The Kier molecular flexibility index (Phi) is 4.19. The minimum atomic E-state index is 0.700. The van der Waals surface area contributed by atoms with Crippen molar-refractivity contribution in [1.29, 1.82) is 0 Å². The van der Waals surface area contributed by atoms with Gasteiger partial charge in [-0.1, -0.05) is 36.4 Å². The Morgan fingerprint density at radius 1 is 0.900 bits per heavy atom. The topological polar surface area (TPSA) is 22.1 Å². The molecular formula is C17H15NOS. The lowest BCUT2D eigenvalue weighted by atomic mass is 10.2. The zero-order valence-corrected chi connectivity index (χ0v) is 11.8. The van der Waals surface area contributed by atoms with Gasteiger partial charge in [0.15, 0.2) is 0 Å². The summed E-state index contributed by atoms with van der Waals surface area (Å²) < 4.78 is 5.70. The van der Waals surface area contributed by atoms with E-state index in [1.165, 1.54) is 10.3 Å². The number of pyridine rings is 1. The van der Waals surface area contributed by atoms with Crippen LogP contribution >= 0.6 is 11.8 Å². The van der Waals surface area contributed by atoms with Gasteiger partial charge < -0.3 is 4.74 Å². The molecule has 0 N–H and O–H groups in total. The Hall–Kier alpha value is -2.00. The SMILES string of the molecule is c1ccc(OCCSc2ccnc3ccccc23)cc1. The van der Waals surface area contributed by atoms with Crippen LogP contribution in [0.2, 0.25) is 0 Å². The summed E-state index contributed by atoms with van der Waals surface area (Å²) in [5.41, 5.74) is 1.04. The largest absolute Gasteiger partial charge is 0.493 e. The quantitative estimate of drug-likeness (QED) is 0.511. The molecule has 2 aromatic carbocycles. The third-order valence-electron chi connectivity index (χ3n) is 2.96. The number of thioether (sulfide) groups is 1. The Labute approximate surface area is 122 Å². The van der Waals surface area contributed by atoms with Crippen molar-refractivity contribution in [3.63, 3.8) is 0 Å². The first-order chi connectivity index (χ1) is 9.93. The van der Waals surface area contributed by atoms with Crippen molar-refractivity contribution in [1.82, 2.24) is 4.98 Å². The van der Waals surface area contributed by atoms with Gasteiger partial charge in [0.2, 0.25) is 0 Å². The summed E-state index contributed by atoms with van der Waals surface area (Å²) in [5, 5.41) is 1.21. The van der Waals surface area contributed by atoms with Crippen molar-refractivity contribution in [2.24, 2.45) is 0 Å². The first-order valence-corrected chi connectivity index (χ1v) is 7.56. The second-order valence-electron chi connectivity index (χ2n) is 4.34. The van der Waals surface area contributed by atoms with Gasteiger partial charge in [-0.2, -0.15) is 0 Å². The minimum Gasteiger partial charge on any atom is -0.493 e. The van der Waals surface area contributed by atoms with Gasteiger partial charge in [0, 0.05) is 22.2 Å². The fourth-order valence-electron chi connectivity index (χ4n) is 2.02. The molecule has 0 aliphatic heterocycles. The van der Waals surface area contributed by atoms with Crippen LogP contribution in [0.4, 0.5) is 0 Å². The summed E-state index contributed by atoms with van der Waals surface area (Å²) in [4.78, 5) is 5.63. The third kappa shape index (κ3) is 3.11. The zero-order chi connectivity index (χ0) is 13.6. The van der Waals surface area contributed by atoms with Crippen molar-refractivity contribution in [2.45, 2.75) is 4.90 Å². The normalized spacial score (nSPS) is 10.6. The van der Waals surface area contributed by atoms with E-state index in [9.17, 15) is 0 Å². The number of ether oxygens (including phenoxy) is 1. The van der Waals surface area contributed by atoms with E-state index < -0.39 is 0 Å². The Bertz CT molecular complexity index is 679. The van der Waals surface area contributed by atoms with Gasteiger partial charge >= 0.3 is 0 Å². The number of hydrogen-bond donors (Lipinski definition) is 0.